The fourth-order valence-corrected chi connectivity index (χ4v) is 1.64. The summed E-state index contributed by atoms with van der Waals surface area (Å²) < 4.78 is 30.8. The second-order valence-electron chi connectivity index (χ2n) is 4.06. The van der Waals surface area contributed by atoms with Crippen LogP contribution in [0.15, 0.2) is 41.0 Å². The SMILES string of the molecule is O=C(CCNCc1ccco1)c1ccc(F)c(F)c1. The van der Waals surface area contributed by atoms with Gasteiger partial charge in [-0.25, -0.2) is 8.78 Å². The molecule has 100 valence electrons. The summed E-state index contributed by atoms with van der Waals surface area (Å²) >= 11 is 0. The first kappa shape index (κ1) is 13.4. The van der Waals surface area contributed by atoms with Crippen LogP contribution in [0.2, 0.25) is 0 Å². The lowest BCUT2D eigenvalue weighted by atomic mass is 10.1. The molecule has 1 aromatic carbocycles. The van der Waals surface area contributed by atoms with E-state index in [2.05, 4.69) is 5.32 Å². The Kier molecular flexibility index (Phi) is 4.41. The summed E-state index contributed by atoms with van der Waals surface area (Å²) in [5.41, 5.74) is 0.179. The van der Waals surface area contributed by atoms with Crippen molar-refractivity contribution in [3.8, 4) is 0 Å². The minimum absolute atomic E-state index is 0.179. The monoisotopic (exact) mass is 265 g/mol. The van der Waals surface area contributed by atoms with Gasteiger partial charge in [0.05, 0.1) is 12.8 Å². The van der Waals surface area contributed by atoms with Crippen molar-refractivity contribution in [1.29, 1.82) is 0 Å². The Morgan fingerprint density at radius 1 is 1.21 bits per heavy atom. The van der Waals surface area contributed by atoms with E-state index in [-0.39, 0.29) is 17.8 Å². The molecular weight excluding hydrogens is 252 g/mol. The van der Waals surface area contributed by atoms with Crippen LogP contribution in [0.3, 0.4) is 0 Å². The van der Waals surface area contributed by atoms with Gasteiger partial charge in [0.15, 0.2) is 17.4 Å². The number of rotatable bonds is 6. The average Bonchev–Trinajstić information content (AvgIpc) is 2.91. The second-order valence-corrected chi connectivity index (χ2v) is 4.06. The highest BCUT2D eigenvalue weighted by molar-refractivity contribution is 5.96. The molecule has 0 saturated heterocycles. The fourth-order valence-electron chi connectivity index (χ4n) is 1.64. The zero-order valence-corrected chi connectivity index (χ0v) is 10.2. The van der Waals surface area contributed by atoms with Crippen LogP contribution in [0, 0.1) is 11.6 Å². The number of Topliss-reactive ketones (excluding diaryl/α,β-unsaturated/α-hetero) is 1. The molecule has 0 aliphatic carbocycles. The summed E-state index contributed by atoms with van der Waals surface area (Å²) in [6, 6.07) is 6.77. The van der Waals surface area contributed by atoms with E-state index >= 15 is 0 Å². The van der Waals surface area contributed by atoms with E-state index in [1.807, 2.05) is 6.07 Å². The standard InChI is InChI=1S/C14H13F2NO2/c15-12-4-3-10(8-13(12)16)14(18)5-6-17-9-11-2-1-7-19-11/h1-4,7-8,17H,5-6,9H2. The van der Waals surface area contributed by atoms with E-state index in [1.54, 1.807) is 12.3 Å². The van der Waals surface area contributed by atoms with Crippen molar-refractivity contribution in [3.05, 3.63) is 59.6 Å². The van der Waals surface area contributed by atoms with E-state index in [1.165, 1.54) is 6.07 Å². The van der Waals surface area contributed by atoms with Gasteiger partial charge in [-0.05, 0) is 30.3 Å². The van der Waals surface area contributed by atoms with Crippen LogP contribution in [0.5, 0.6) is 0 Å². The summed E-state index contributed by atoms with van der Waals surface area (Å²) in [7, 11) is 0. The largest absolute Gasteiger partial charge is 0.468 e. The normalized spacial score (nSPS) is 10.6. The topological polar surface area (TPSA) is 42.2 Å². The third kappa shape index (κ3) is 3.72. The van der Waals surface area contributed by atoms with Crippen molar-refractivity contribution < 1.29 is 18.0 Å². The maximum atomic E-state index is 13.0. The van der Waals surface area contributed by atoms with Crippen LogP contribution in [0.25, 0.3) is 0 Å². The van der Waals surface area contributed by atoms with Crippen LogP contribution in [0.4, 0.5) is 8.78 Å². The van der Waals surface area contributed by atoms with Gasteiger partial charge < -0.3 is 9.73 Å². The molecule has 1 heterocycles. The smallest absolute Gasteiger partial charge is 0.164 e. The number of hydrogen-bond donors (Lipinski definition) is 1. The molecule has 5 heteroatoms. The number of benzene rings is 1. The van der Waals surface area contributed by atoms with Gasteiger partial charge in [0.2, 0.25) is 0 Å². The van der Waals surface area contributed by atoms with Gasteiger partial charge in [-0.1, -0.05) is 0 Å². The van der Waals surface area contributed by atoms with Crippen molar-refractivity contribution in [2.45, 2.75) is 13.0 Å². The molecule has 19 heavy (non-hydrogen) atoms. The van der Waals surface area contributed by atoms with Crippen LogP contribution >= 0.6 is 0 Å². The molecule has 0 atom stereocenters. The van der Waals surface area contributed by atoms with E-state index in [4.69, 9.17) is 4.42 Å². The minimum atomic E-state index is -1.01. The van der Waals surface area contributed by atoms with Gasteiger partial charge in [-0.15, -0.1) is 0 Å². The summed E-state index contributed by atoms with van der Waals surface area (Å²) in [6.07, 6.45) is 1.79. The minimum Gasteiger partial charge on any atom is -0.468 e. The van der Waals surface area contributed by atoms with Gasteiger partial charge in [-0.2, -0.15) is 0 Å². The van der Waals surface area contributed by atoms with E-state index in [9.17, 15) is 13.6 Å². The lowest BCUT2D eigenvalue weighted by Crippen LogP contribution is -2.17. The van der Waals surface area contributed by atoms with Gasteiger partial charge in [0, 0.05) is 18.5 Å². The van der Waals surface area contributed by atoms with Crippen molar-refractivity contribution in [2.24, 2.45) is 0 Å². The Bertz CT molecular complexity index is 553. The molecule has 0 bridgehead atoms. The lowest BCUT2D eigenvalue weighted by molar-refractivity contribution is 0.0981. The van der Waals surface area contributed by atoms with Crippen LogP contribution in [-0.2, 0) is 6.54 Å². The third-order valence-electron chi connectivity index (χ3n) is 2.65. The van der Waals surface area contributed by atoms with Gasteiger partial charge >= 0.3 is 0 Å². The Morgan fingerprint density at radius 3 is 2.74 bits per heavy atom. The van der Waals surface area contributed by atoms with Gasteiger partial charge in [0.25, 0.3) is 0 Å². The summed E-state index contributed by atoms with van der Waals surface area (Å²) in [5.74, 6) is -1.41. The summed E-state index contributed by atoms with van der Waals surface area (Å²) in [6.45, 7) is 0.969. The quantitative estimate of drug-likeness (QED) is 0.645. The lowest BCUT2D eigenvalue weighted by Gasteiger charge is -2.03. The number of carbonyl (C=O) groups excluding carboxylic acids is 1. The maximum Gasteiger partial charge on any atom is 0.164 e. The molecule has 0 saturated carbocycles. The highest BCUT2D eigenvalue weighted by Crippen LogP contribution is 2.10. The molecule has 0 aliphatic rings. The molecule has 0 unspecified atom stereocenters. The van der Waals surface area contributed by atoms with Crippen LogP contribution in [0.1, 0.15) is 22.5 Å². The molecule has 2 aromatic rings. The number of carbonyl (C=O) groups is 1. The molecule has 1 aromatic heterocycles. The van der Waals surface area contributed by atoms with Crippen LogP contribution in [-0.4, -0.2) is 12.3 Å². The number of ketones is 1. The molecule has 0 fully saturated rings. The summed E-state index contributed by atoms with van der Waals surface area (Å²) in [5, 5.41) is 3.03. The van der Waals surface area contributed by atoms with Crippen molar-refractivity contribution >= 4 is 5.78 Å². The highest BCUT2D eigenvalue weighted by Gasteiger charge is 2.09. The Balaban J connectivity index is 1.79. The number of nitrogens with one attached hydrogen (secondary N) is 1. The molecule has 0 amide bonds. The molecule has 2 rings (SSSR count). The first-order valence-electron chi connectivity index (χ1n) is 5.88. The Labute approximate surface area is 109 Å². The zero-order valence-electron chi connectivity index (χ0n) is 10.2. The van der Waals surface area contributed by atoms with Gasteiger partial charge in [-0.3, -0.25) is 4.79 Å². The highest BCUT2D eigenvalue weighted by atomic mass is 19.2. The molecule has 0 radical (unpaired) electrons. The molecular formula is C14H13F2NO2. The molecule has 0 spiro atoms. The molecule has 1 N–H and O–H groups in total. The number of furan rings is 1. The number of halogens is 2. The number of hydrogen-bond acceptors (Lipinski definition) is 3. The van der Waals surface area contributed by atoms with E-state index in [0.717, 1.165) is 17.9 Å². The third-order valence-corrected chi connectivity index (χ3v) is 2.65. The zero-order chi connectivity index (χ0) is 13.7. The molecule has 3 nitrogen and oxygen atoms in total. The Morgan fingerprint density at radius 2 is 2.05 bits per heavy atom. The van der Waals surface area contributed by atoms with E-state index < -0.39 is 11.6 Å². The van der Waals surface area contributed by atoms with Crippen molar-refractivity contribution in [3.63, 3.8) is 0 Å². The van der Waals surface area contributed by atoms with Crippen molar-refractivity contribution in [2.75, 3.05) is 6.54 Å². The fraction of sp³-hybridized carbons (Fsp3) is 0.214. The first-order chi connectivity index (χ1) is 9.16. The summed E-state index contributed by atoms with van der Waals surface area (Å²) in [4.78, 5) is 11.7. The van der Waals surface area contributed by atoms with Crippen molar-refractivity contribution in [1.82, 2.24) is 5.32 Å². The second kappa shape index (κ2) is 6.24. The predicted octanol–water partition coefficient (Wildman–Crippen LogP) is 2.92. The van der Waals surface area contributed by atoms with E-state index in [0.29, 0.717) is 13.1 Å². The predicted molar refractivity (Wildman–Crippen MR) is 65.7 cm³/mol. The average molecular weight is 265 g/mol. The molecule has 0 aliphatic heterocycles. The van der Waals surface area contributed by atoms with Gasteiger partial charge in [0.1, 0.15) is 5.76 Å². The Hall–Kier alpha value is -2.01. The first-order valence-corrected chi connectivity index (χ1v) is 5.88. The van der Waals surface area contributed by atoms with Crippen LogP contribution < -0.4 is 5.32 Å². The maximum absolute atomic E-state index is 13.0.